The van der Waals surface area contributed by atoms with Gasteiger partial charge in [-0.15, -0.1) is 0 Å². The lowest BCUT2D eigenvalue weighted by molar-refractivity contribution is -0.0750. The molecule has 2 rings (SSSR count). The van der Waals surface area contributed by atoms with Crippen LogP contribution in [0.5, 0.6) is 5.75 Å². The second kappa shape index (κ2) is 9.74. The van der Waals surface area contributed by atoms with E-state index in [-0.39, 0.29) is 11.3 Å². The molecule has 0 saturated heterocycles. The first-order chi connectivity index (χ1) is 12.0. The zero-order chi connectivity index (χ0) is 18.3. The first-order valence-corrected chi connectivity index (χ1v) is 11.9. The zero-order valence-corrected chi connectivity index (χ0v) is 18.7. The van der Waals surface area contributed by atoms with Crippen molar-refractivity contribution >= 4 is 41.8 Å². The van der Waals surface area contributed by atoms with E-state index in [4.69, 9.17) is 9.47 Å². The van der Waals surface area contributed by atoms with Crippen LogP contribution in [0.25, 0.3) is 0 Å². The molecule has 0 N–H and O–H groups in total. The minimum Gasteiger partial charge on any atom is -0.465 e. The van der Waals surface area contributed by atoms with Gasteiger partial charge in [-0.05, 0) is 17.2 Å². The summed E-state index contributed by atoms with van der Waals surface area (Å²) >= 11 is 2.32. The van der Waals surface area contributed by atoms with Gasteiger partial charge >= 0.3 is 0 Å². The molecule has 1 atom stereocenters. The van der Waals surface area contributed by atoms with Gasteiger partial charge in [-0.1, -0.05) is 103 Å². The Hall–Kier alpha value is -0.853. The van der Waals surface area contributed by atoms with Crippen LogP contribution in [0.1, 0.15) is 34.1 Å². The van der Waals surface area contributed by atoms with Crippen molar-refractivity contribution < 1.29 is 9.47 Å². The van der Waals surface area contributed by atoms with Gasteiger partial charge in [0.05, 0.1) is 6.61 Å². The van der Waals surface area contributed by atoms with Gasteiger partial charge in [-0.25, -0.2) is 0 Å². The standard InChI is InChI=1S/C21H28IO2Si/c1-5-20(23-16-15-22)24-17-11-13-19(14-12-17)25(21(2,3)4)18-9-7-6-8-10-18/h6-14,20H,5,15-16H2,1-4H3. The number of halogens is 1. The fraction of sp³-hybridized carbons (Fsp3) is 0.429. The maximum Gasteiger partial charge on any atom is 0.199 e. The van der Waals surface area contributed by atoms with Gasteiger partial charge in [0.1, 0.15) is 14.5 Å². The number of ether oxygens (including phenoxy) is 2. The monoisotopic (exact) mass is 467 g/mol. The molecule has 0 fully saturated rings. The third-order valence-electron chi connectivity index (χ3n) is 3.94. The van der Waals surface area contributed by atoms with Gasteiger partial charge in [0.25, 0.3) is 0 Å². The molecule has 1 radical (unpaired) electrons. The minimum atomic E-state index is -0.867. The number of alkyl halides is 1. The van der Waals surface area contributed by atoms with Gasteiger partial charge in [-0.3, -0.25) is 0 Å². The Morgan fingerprint density at radius 2 is 1.56 bits per heavy atom. The van der Waals surface area contributed by atoms with Gasteiger partial charge in [0.2, 0.25) is 0 Å². The summed E-state index contributed by atoms with van der Waals surface area (Å²) in [5, 5.41) is 3.10. The quantitative estimate of drug-likeness (QED) is 0.243. The van der Waals surface area contributed by atoms with Crippen molar-refractivity contribution in [3.05, 3.63) is 54.6 Å². The average Bonchev–Trinajstić information content (AvgIpc) is 2.60. The highest BCUT2D eigenvalue weighted by Gasteiger charge is 2.30. The molecule has 0 amide bonds. The molecule has 0 aliphatic carbocycles. The Kier molecular flexibility index (Phi) is 7.97. The van der Waals surface area contributed by atoms with Crippen LogP contribution >= 0.6 is 22.6 Å². The Labute approximate surface area is 167 Å². The first-order valence-electron chi connectivity index (χ1n) is 8.83. The lowest BCUT2D eigenvalue weighted by Crippen LogP contribution is -2.48. The number of hydrogen-bond acceptors (Lipinski definition) is 2. The smallest absolute Gasteiger partial charge is 0.199 e. The van der Waals surface area contributed by atoms with Crippen LogP contribution in [0.15, 0.2) is 54.6 Å². The molecule has 0 spiro atoms. The van der Waals surface area contributed by atoms with E-state index in [1.807, 2.05) is 0 Å². The zero-order valence-electron chi connectivity index (χ0n) is 15.6. The van der Waals surface area contributed by atoms with E-state index in [2.05, 4.69) is 105 Å². The summed E-state index contributed by atoms with van der Waals surface area (Å²) in [7, 11) is -0.867. The molecule has 0 bridgehead atoms. The van der Waals surface area contributed by atoms with Crippen molar-refractivity contribution in [2.75, 3.05) is 11.0 Å². The predicted octanol–water partition coefficient (Wildman–Crippen LogP) is 4.66. The van der Waals surface area contributed by atoms with Crippen molar-refractivity contribution in [3.63, 3.8) is 0 Å². The summed E-state index contributed by atoms with van der Waals surface area (Å²) < 4.78 is 12.7. The first kappa shape index (κ1) is 20.5. The second-order valence-corrected chi connectivity index (χ2v) is 11.5. The van der Waals surface area contributed by atoms with E-state index < -0.39 is 8.80 Å². The number of rotatable bonds is 8. The highest BCUT2D eigenvalue weighted by molar-refractivity contribution is 14.1. The Bertz CT molecular complexity index is 623. The molecule has 135 valence electrons. The summed E-state index contributed by atoms with van der Waals surface area (Å²) in [4.78, 5) is 0. The molecule has 25 heavy (non-hydrogen) atoms. The Balaban J connectivity index is 2.18. The molecule has 0 aromatic heterocycles. The highest BCUT2D eigenvalue weighted by Crippen LogP contribution is 2.27. The van der Waals surface area contributed by atoms with E-state index >= 15 is 0 Å². The van der Waals surface area contributed by atoms with E-state index in [9.17, 15) is 0 Å². The maximum absolute atomic E-state index is 5.98. The van der Waals surface area contributed by atoms with Crippen LogP contribution < -0.4 is 15.1 Å². The van der Waals surface area contributed by atoms with Crippen molar-refractivity contribution in [2.24, 2.45) is 0 Å². The summed E-state index contributed by atoms with van der Waals surface area (Å²) in [6.07, 6.45) is 0.682. The molecule has 2 aromatic rings. The second-order valence-electron chi connectivity index (χ2n) is 7.03. The molecular formula is C21H28IO2Si. The molecule has 4 heteroatoms. The molecule has 0 aliphatic heterocycles. The number of benzene rings is 2. The summed E-state index contributed by atoms with van der Waals surface area (Å²) in [5.41, 5.74) is 0. The van der Waals surface area contributed by atoms with E-state index in [0.717, 1.165) is 23.2 Å². The van der Waals surface area contributed by atoms with Crippen molar-refractivity contribution in [1.29, 1.82) is 0 Å². The summed E-state index contributed by atoms with van der Waals surface area (Å²) in [6, 6.07) is 19.5. The SMILES string of the molecule is CCC(OCCI)Oc1ccc([Si](c2ccccc2)C(C)(C)C)cc1. The van der Waals surface area contributed by atoms with Gasteiger partial charge in [-0.2, -0.15) is 0 Å². The molecule has 0 saturated carbocycles. The van der Waals surface area contributed by atoms with Gasteiger partial charge in [0.15, 0.2) is 6.29 Å². The molecule has 2 aromatic carbocycles. The van der Waals surface area contributed by atoms with Gasteiger partial charge in [0, 0.05) is 10.8 Å². The van der Waals surface area contributed by atoms with Crippen LogP contribution in [0.3, 0.4) is 0 Å². The molecule has 1 unspecified atom stereocenters. The third-order valence-corrected chi connectivity index (χ3v) is 7.70. The fourth-order valence-corrected chi connectivity index (χ4v) is 6.25. The minimum absolute atomic E-state index is 0.165. The van der Waals surface area contributed by atoms with Crippen LogP contribution in [0, 0.1) is 0 Å². The van der Waals surface area contributed by atoms with Gasteiger partial charge < -0.3 is 9.47 Å². The van der Waals surface area contributed by atoms with Crippen LogP contribution in [-0.4, -0.2) is 26.1 Å². The topological polar surface area (TPSA) is 18.5 Å². The average molecular weight is 467 g/mol. The van der Waals surface area contributed by atoms with Crippen LogP contribution in [0.4, 0.5) is 0 Å². The van der Waals surface area contributed by atoms with Crippen molar-refractivity contribution in [2.45, 2.75) is 45.4 Å². The third kappa shape index (κ3) is 6.11. The lowest BCUT2D eigenvalue weighted by Gasteiger charge is -2.30. The van der Waals surface area contributed by atoms with Crippen molar-refractivity contribution in [1.82, 2.24) is 0 Å². The Morgan fingerprint density at radius 1 is 0.960 bits per heavy atom. The summed E-state index contributed by atoms with van der Waals surface area (Å²) in [5.74, 6) is 0.882. The highest BCUT2D eigenvalue weighted by atomic mass is 127. The van der Waals surface area contributed by atoms with Crippen LogP contribution in [-0.2, 0) is 4.74 Å². The fourth-order valence-electron chi connectivity index (χ4n) is 2.90. The molecule has 0 heterocycles. The van der Waals surface area contributed by atoms with Crippen molar-refractivity contribution in [3.8, 4) is 5.75 Å². The lowest BCUT2D eigenvalue weighted by atomic mass is 10.2. The number of hydrogen-bond donors (Lipinski definition) is 0. The van der Waals surface area contributed by atoms with E-state index in [1.165, 1.54) is 10.4 Å². The van der Waals surface area contributed by atoms with E-state index in [1.54, 1.807) is 0 Å². The summed E-state index contributed by atoms with van der Waals surface area (Å²) in [6.45, 7) is 9.82. The van der Waals surface area contributed by atoms with Crippen LogP contribution in [0.2, 0.25) is 5.04 Å². The molecule has 0 aliphatic rings. The normalized spacial score (nSPS) is 13.0. The molecular weight excluding hydrogens is 439 g/mol. The Morgan fingerprint density at radius 3 is 2.08 bits per heavy atom. The molecule has 2 nitrogen and oxygen atoms in total. The largest absolute Gasteiger partial charge is 0.465 e. The maximum atomic E-state index is 5.98. The predicted molar refractivity (Wildman–Crippen MR) is 117 cm³/mol. The van der Waals surface area contributed by atoms with E-state index in [0.29, 0.717) is 0 Å².